The van der Waals surface area contributed by atoms with Gasteiger partial charge in [-0.25, -0.2) is 4.98 Å². The highest BCUT2D eigenvalue weighted by molar-refractivity contribution is 8.00. The molecule has 4 nitrogen and oxygen atoms in total. The van der Waals surface area contributed by atoms with E-state index < -0.39 is 0 Å². The third-order valence-electron chi connectivity index (χ3n) is 3.12. The van der Waals surface area contributed by atoms with Crippen molar-refractivity contribution >= 4 is 40.2 Å². The Labute approximate surface area is 114 Å². The summed E-state index contributed by atoms with van der Waals surface area (Å²) in [6, 6.07) is 0. The van der Waals surface area contributed by atoms with E-state index in [1.165, 1.54) is 0 Å². The van der Waals surface area contributed by atoms with E-state index >= 15 is 0 Å². The number of fused-ring (bicyclic) bond motifs is 1. The number of anilines is 1. The Morgan fingerprint density at radius 2 is 2.33 bits per heavy atom. The molecule has 0 bridgehead atoms. The van der Waals surface area contributed by atoms with Gasteiger partial charge in [0.15, 0.2) is 17.1 Å². The van der Waals surface area contributed by atoms with Crippen LogP contribution in [0.1, 0.15) is 24.3 Å². The second kappa shape index (κ2) is 4.28. The van der Waals surface area contributed by atoms with Gasteiger partial charge in [0.25, 0.3) is 0 Å². The van der Waals surface area contributed by atoms with Crippen LogP contribution < -0.4 is 4.90 Å². The molecular weight excluding hydrogens is 266 g/mol. The van der Waals surface area contributed by atoms with Gasteiger partial charge in [-0.05, 0) is 13.8 Å². The van der Waals surface area contributed by atoms with Crippen molar-refractivity contribution in [2.45, 2.75) is 18.6 Å². The summed E-state index contributed by atoms with van der Waals surface area (Å²) in [5.41, 5.74) is 0.675. The lowest BCUT2D eigenvalue weighted by Gasteiger charge is -2.37. The molecule has 1 aliphatic heterocycles. The summed E-state index contributed by atoms with van der Waals surface area (Å²) >= 11 is 3.54. The number of hydrogen-bond donors (Lipinski definition) is 0. The van der Waals surface area contributed by atoms with Gasteiger partial charge >= 0.3 is 0 Å². The van der Waals surface area contributed by atoms with Crippen molar-refractivity contribution in [3.63, 3.8) is 0 Å². The minimum atomic E-state index is 0.218. The van der Waals surface area contributed by atoms with Gasteiger partial charge < -0.3 is 4.90 Å². The first-order chi connectivity index (χ1) is 8.61. The Bertz CT molecular complexity index is 587. The van der Waals surface area contributed by atoms with Crippen molar-refractivity contribution < 1.29 is 4.79 Å². The highest BCUT2D eigenvalue weighted by atomic mass is 32.2. The molecule has 1 fully saturated rings. The second-order valence-corrected chi connectivity index (χ2v) is 7.70. The summed E-state index contributed by atoms with van der Waals surface area (Å²) in [4.78, 5) is 19.0. The molecule has 0 saturated carbocycles. The fraction of sp³-hybridized carbons (Fsp3) is 0.500. The molecule has 0 aliphatic carbocycles. The third kappa shape index (κ3) is 1.93. The smallest absolute Gasteiger partial charge is 0.196 e. The zero-order valence-corrected chi connectivity index (χ0v) is 12.1. The molecule has 0 unspecified atom stereocenters. The molecular formula is C12H15N3OS2. The molecule has 3 rings (SSSR count). The quantitative estimate of drug-likeness (QED) is 0.793. The molecule has 1 saturated heterocycles. The van der Waals surface area contributed by atoms with Gasteiger partial charge in [-0.15, -0.1) is 11.3 Å². The van der Waals surface area contributed by atoms with Crippen LogP contribution in [-0.2, 0) is 0 Å². The number of hydrogen-bond acceptors (Lipinski definition) is 5. The Hall–Kier alpha value is -1.01. The number of aromatic nitrogens is 2. The molecule has 18 heavy (non-hydrogen) atoms. The van der Waals surface area contributed by atoms with Gasteiger partial charge in [0.05, 0.1) is 0 Å². The van der Waals surface area contributed by atoms with Crippen LogP contribution in [0.2, 0.25) is 0 Å². The van der Waals surface area contributed by atoms with E-state index in [0.717, 1.165) is 35.9 Å². The van der Waals surface area contributed by atoms with Crippen LogP contribution in [-0.4, -0.2) is 39.3 Å². The SMILES string of the molecule is CC1(C)CN(c2nc3sccn3c2C=O)CCS1. The Morgan fingerprint density at radius 1 is 1.50 bits per heavy atom. The monoisotopic (exact) mass is 281 g/mol. The molecule has 3 heterocycles. The zero-order valence-electron chi connectivity index (χ0n) is 10.4. The predicted molar refractivity (Wildman–Crippen MR) is 77.2 cm³/mol. The van der Waals surface area contributed by atoms with Crippen LogP contribution in [0.25, 0.3) is 4.96 Å². The molecule has 1 aliphatic rings. The molecule has 0 atom stereocenters. The zero-order chi connectivity index (χ0) is 12.8. The molecule has 0 spiro atoms. The minimum Gasteiger partial charge on any atom is -0.352 e. The summed E-state index contributed by atoms with van der Waals surface area (Å²) in [6.45, 7) is 6.37. The average molecular weight is 281 g/mol. The van der Waals surface area contributed by atoms with Gasteiger partial charge in [0.1, 0.15) is 5.69 Å². The van der Waals surface area contributed by atoms with Crippen LogP contribution in [0.5, 0.6) is 0 Å². The largest absolute Gasteiger partial charge is 0.352 e. The van der Waals surface area contributed by atoms with Crippen LogP contribution in [0.4, 0.5) is 5.82 Å². The molecule has 6 heteroatoms. The molecule has 0 N–H and O–H groups in total. The Kier molecular flexibility index (Phi) is 2.86. The maximum Gasteiger partial charge on any atom is 0.196 e. The fourth-order valence-electron chi connectivity index (χ4n) is 2.33. The number of thioether (sulfide) groups is 1. The second-order valence-electron chi connectivity index (χ2n) is 5.02. The van der Waals surface area contributed by atoms with Crippen molar-refractivity contribution in [2.24, 2.45) is 0 Å². The lowest BCUT2D eigenvalue weighted by molar-refractivity contribution is 0.111. The average Bonchev–Trinajstić information content (AvgIpc) is 2.86. The summed E-state index contributed by atoms with van der Waals surface area (Å²) in [5.74, 6) is 1.92. The standard InChI is InChI=1S/C12H15N3OS2/c1-12(2)8-14(3-6-18-12)10-9(7-16)15-4-5-17-11(15)13-10/h4-5,7H,3,6,8H2,1-2H3. The van der Waals surface area contributed by atoms with Crippen molar-refractivity contribution in [2.75, 3.05) is 23.7 Å². The fourth-order valence-corrected chi connectivity index (χ4v) is 4.16. The molecule has 2 aromatic heterocycles. The van der Waals surface area contributed by atoms with Crippen molar-refractivity contribution in [1.82, 2.24) is 9.38 Å². The van der Waals surface area contributed by atoms with E-state index in [1.54, 1.807) is 11.3 Å². The maximum absolute atomic E-state index is 11.3. The summed E-state index contributed by atoms with van der Waals surface area (Å²) in [5, 5.41) is 1.95. The first-order valence-corrected chi connectivity index (χ1v) is 7.77. The van der Waals surface area contributed by atoms with Crippen LogP contribution >= 0.6 is 23.1 Å². The van der Waals surface area contributed by atoms with Crippen molar-refractivity contribution in [3.05, 3.63) is 17.3 Å². The number of carbonyl (C=O) groups excluding carboxylic acids is 1. The lowest BCUT2D eigenvalue weighted by atomic mass is 10.2. The Balaban J connectivity index is 2.03. The van der Waals surface area contributed by atoms with Crippen LogP contribution in [0.15, 0.2) is 11.6 Å². The first kappa shape index (κ1) is 12.0. The number of imidazole rings is 1. The van der Waals surface area contributed by atoms with E-state index in [9.17, 15) is 4.79 Å². The number of carbonyl (C=O) groups is 1. The number of aldehydes is 1. The highest BCUT2D eigenvalue weighted by Gasteiger charge is 2.30. The number of nitrogens with zero attached hydrogens (tertiary/aromatic N) is 3. The lowest BCUT2D eigenvalue weighted by Crippen LogP contribution is -2.43. The van der Waals surface area contributed by atoms with E-state index in [1.807, 2.05) is 27.7 Å². The molecule has 0 aromatic carbocycles. The number of rotatable bonds is 2. The van der Waals surface area contributed by atoms with E-state index in [-0.39, 0.29) is 4.75 Å². The summed E-state index contributed by atoms with van der Waals surface area (Å²) in [7, 11) is 0. The molecule has 0 amide bonds. The van der Waals surface area contributed by atoms with E-state index in [2.05, 4.69) is 23.7 Å². The summed E-state index contributed by atoms with van der Waals surface area (Å²) in [6.07, 6.45) is 2.82. The first-order valence-electron chi connectivity index (χ1n) is 5.90. The predicted octanol–water partition coefficient (Wildman–Crippen LogP) is 2.54. The van der Waals surface area contributed by atoms with E-state index in [0.29, 0.717) is 5.69 Å². The molecule has 2 aromatic rings. The van der Waals surface area contributed by atoms with Crippen molar-refractivity contribution in [1.29, 1.82) is 0 Å². The van der Waals surface area contributed by atoms with Gasteiger partial charge in [0.2, 0.25) is 0 Å². The van der Waals surface area contributed by atoms with Crippen LogP contribution in [0, 0.1) is 0 Å². The van der Waals surface area contributed by atoms with Gasteiger partial charge in [-0.3, -0.25) is 9.20 Å². The van der Waals surface area contributed by atoms with Crippen molar-refractivity contribution in [3.8, 4) is 0 Å². The topological polar surface area (TPSA) is 37.6 Å². The Morgan fingerprint density at radius 3 is 3.06 bits per heavy atom. The summed E-state index contributed by atoms with van der Waals surface area (Å²) < 4.78 is 2.09. The molecule has 96 valence electrons. The molecule has 0 radical (unpaired) electrons. The van der Waals surface area contributed by atoms with E-state index in [4.69, 9.17) is 0 Å². The highest BCUT2D eigenvalue weighted by Crippen LogP contribution is 2.33. The maximum atomic E-state index is 11.3. The number of thiazole rings is 1. The minimum absolute atomic E-state index is 0.218. The van der Waals surface area contributed by atoms with Crippen LogP contribution in [0.3, 0.4) is 0 Å². The normalized spacial score (nSPS) is 19.3. The van der Waals surface area contributed by atoms with Gasteiger partial charge in [0, 0.05) is 35.2 Å². The third-order valence-corrected chi connectivity index (χ3v) is 5.17. The van der Waals surface area contributed by atoms with Gasteiger partial charge in [-0.2, -0.15) is 11.8 Å². The van der Waals surface area contributed by atoms with Gasteiger partial charge in [-0.1, -0.05) is 0 Å².